The molecular weight excluding hydrogens is 488 g/mol. The Balaban J connectivity index is 1.21. The van der Waals surface area contributed by atoms with Crippen LogP contribution in [0.1, 0.15) is 48.0 Å². The number of aromatic nitrogens is 5. The van der Waals surface area contributed by atoms with E-state index in [1.165, 1.54) is 11.3 Å². The van der Waals surface area contributed by atoms with Crippen LogP contribution in [0.5, 0.6) is 0 Å². The fourth-order valence-electron chi connectivity index (χ4n) is 4.06. The highest BCUT2D eigenvalue weighted by Gasteiger charge is 2.29. The summed E-state index contributed by atoms with van der Waals surface area (Å²) in [6, 6.07) is 11.0. The van der Waals surface area contributed by atoms with Crippen molar-refractivity contribution in [3.63, 3.8) is 0 Å². The molecule has 4 aromatic rings. The van der Waals surface area contributed by atoms with E-state index < -0.39 is 0 Å². The van der Waals surface area contributed by atoms with Gasteiger partial charge in [0.2, 0.25) is 5.95 Å². The average molecular weight is 517 g/mol. The van der Waals surface area contributed by atoms with Gasteiger partial charge in [-0.2, -0.15) is 4.98 Å². The molecule has 10 nitrogen and oxygen atoms in total. The molecule has 0 bridgehead atoms. The number of esters is 1. The summed E-state index contributed by atoms with van der Waals surface area (Å²) in [5, 5.41) is 8.16. The summed E-state index contributed by atoms with van der Waals surface area (Å²) in [6.07, 6.45) is 6.50. The van der Waals surface area contributed by atoms with Gasteiger partial charge in [0.25, 0.3) is 0 Å². The Morgan fingerprint density at radius 2 is 1.81 bits per heavy atom. The molecule has 0 radical (unpaired) electrons. The quantitative estimate of drug-likeness (QED) is 0.287. The lowest BCUT2D eigenvalue weighted by molar-refractivity contribution is 0.0158. The Bertz CT molecular complexity index is 1400. The fourth-order valence-corrected chi connectivity index (χ4v) is 4.78. The number of thiophene rings is 1. The van der Waals surface area contributed by atoms with Crippen molar-refractivity contribution in [1.29, 1.82) is 0 Å². The zero-order valence-corrected chi connectivity index (χ0v) is 21.5. The zero-order chi connectivity index (χ0) is 25.8. The summed E-state index contributed by atoms with van der Waals surface area (Å²) in [4.78, 5) is 35.3. The molecule has 4 N–H and O–H groups in total. The van der Waals surface area contributed by atoms with Crippen LogP contribution in [0.15, 0.2) is 54.2 Å². The molecule has 4 aromatic heterocycles. The smallest absolute Gasteiger partial charge is 0.348 e. The fraction of sp³-hybridized carbons (Fsp3) is 0.308. The van der Waals surface area contributed by atoms with Gasteiger partial charge < -0.3 is 21.1 Å². The van der Waals surface area contributed by atoms with Gasteiger partial charge in [0.1, 0.15) is 28.3 Å². The number of nitrogens with one attached hydrogen (secondary N) is 2. The first-order valence-electron chi connectivity index (χ1n) is 12.1. The van der Waals surface area contributed by atoms with Gasteiger partial charge in [0.05, 0.1) is 5.69 Å². The van der Waals surface area contributed by atoms with E-state index in [1.54, 1.807) is 30.6 Å². The molecular formula is C26H28N8O2S. The minimum absolute atomic E-state index is 0.0854. The lowest BCUT2D eigenvalue weighted by Crippen LogP contribution is -2.42. The molecule has 190 valence electrons. The molecule has 0 aliphatic heterocycles. The number of pyridine rings is 1. The SMILES string of the molecule is Cc1cccc(-c2nccc(Nc3ccnc(Nc4csc(C(=O)O[C@H]5CC[C@](C)(N)CC5)c4)n3)n2)n1. The number of nitrogens with zero attached hydrogens (tertiary/aromatic N) is 5. The molecule has 0 amide bonds. The van der Waals surface area contributed by atoms with Gasteiger partial charge in [-0.15, -0.1) is 11.3 Å². The number of nitrogens with two attached hydrogens (primary N) is 1. The second kappa shape index (κ2) is 10.6. The Morgan fingerprint density at radius 1 is 1.05 bits per heavy atom. The van der Waals surface area contributed by atoms with E-state index in [0.29, 0.717) is 39.7 Å². The Kier molecular flexibility index (Phi) is 7.06. The summed E-state index contributed by atoms with van der Waals surface area (Å²) in [7, 11) is 0. The number of hydrogen-bond donors (Lipinski definition) is 3. The van der Waals surface area contributed by atoms with Crippen LogP contribution in [0, 0.1) is 6.92 Å². The summed E-state index contributed by atoms with van der Waals surface area (Å²) >= 11 is 1.32. The van der Waals surface area contributed by atoms with Crippen LogP contribution >= 0.6 is 11.3 Å². The second-order valence-electron chi connectivity index (χ2n) is 9.40. The van der Waals surface area contributed by atoms with Crippen molar-refractivity contribution in [1.82, 2.24) is 24.9 Å². The first-order valence-corrected chi connectivity index (χ1v) is 12.9. The van der Waals surface area contributed by atoms with Crippen LogP contribution in [-0.2, 0) is 4.74 Å². The largest absolute Gasteiger partial charge is 0.458 e. The molecule has 0 unspecified atom stereocenters. The van der Waals surface area contributed by atoms with Gasteiger partial charge >= 0.3 is 5.97 Å². The molecule has 1 saturated carbocycles. The van der Waals surface area contributed by atoms with Crippen LogP contribution in [0.3, 0.4) is 0 Å². The van der Waals surface area contributed by atoms with Gasteiger partial charge in [0.15, 0.2) is 5.82 Å². The number of ether oxygens (including phenoxy) is 1. The maximum absolute atomic E-state index is 12.6. The van der Waals surface area contributed by atoms with E-state index in [-0.39, 0.29) is 17.6 Å². The summed E-state index contributed by atoms with van der Waals surface area (Å²) in [5.41, 5.74) is 8.31. The summed E-state index contributed by atoms with van der Waals surface area (Å²) < 4.78 is 5.70. The molecule has 11 heteroatoms. The third-order valence-electron chi connectivity index (χ3n) is 6.09. The van der Waals surface area contributed by atoms with Crippen LogP contribution in [0.4, 0.5) is 23.3 Å². The number of carbonyl (C=O) groups is 1. The topological polar surface area (TPSA) is 141 Å². The van der Waals surface area contributed by atoms with Crippen molar-refractivity contribution in [2.24, 2.45) is 5.73 Å². The number of rotatable bonds is 7. The maximum atomic E-state index is 12.6. The molecule has 4 heterocycles. The second-order valence-corrected chi connectivity index (χ2v) is 10.3. The number of anilines is 4. The highest BCUT2D eigenvalue weighted by molar-refractivity contribution is 7.12. The van der Waals surface area contributed by atoms with E-state index in [0.717, 1.165) is 31.4 Å². The Hall–Kier alpha value is -3.96. The predicted molar refractivity (Wildman–Crippen MR) is 143 cm³/mol. The predicted octanol–water partition coefficient (Wildman–Crippen LogP) is 5.00. The molecule has 1 aliphatic carbocycles. The minimum Gasteiger partial charge on any atom is -0.458 e. The van der Waals surface area contributed by atoms with Crippen molar-refractivity contribution in [3.05, 3.63) is 64.7 Å². The molecule has 0 atom stereocenters. The van der Waals surface area contributed by atoms with Crippen molar-refractivity contribution < 1.29 is 9.53 Å². The number of aryl methyl sites for hydroxylation is 1. The van der Waals surface area contributed by atoms with Crippen LogP contribution in [0.2, 0.25) is 0 Å². The lowest BCUT2D eigenvalue weighted by Gasteiger charge is -2.33. The third-order valence-corrected chi connectivity index (χ3v) is 7.00. The Labute approximate surface area is 218 Å². The van der Waals surface area contributed by atoms with Crippen molar-refractivity contribution in [3.8, 4) is 11.5 Å². The monoisotopic (exact) mass is 516 g/mol. The van der Waals surface area contributed by atoms with Crippen molar-refractivity contribution in [2.45, 2.75) is 51.2 Å². The first kappa shape index (κ1) is 24.7. The van der Waals surface area contributed by atoms with Gasteiger partial charge in [-0.25, -0.2) is 24.7 Å². The van der Waals surface area contributed by atoms with Crippen molar-refractivity contribution >= 4 is 40.6 Å². The van der Waals surface area contributed by atoms with E-state index in [4.69, 9.17) is 10.5 Å². The molecule has 1 aliphatic rings. The molecule has 0 aromatic carbocycles. The highest BCUT2D eigenvalue weighted by atomic mass is 32.1. The molecule has 37 heavy (non-hydrogen) atoms. The van der Waals surface area contributed by atoms with Gasteiger partial charge in [0, 0.05) is 29.0 Å². The van der Waals surface area contributed by atoms with Crippen LogP contribution < -0.4 is 16.4 Å². The summed E-state index contributed by atoms with van der Waals surface area (Å²) in [5.74, 6) is 1.72. The molecule has 5 rings (SSSR count). The first-order chi connectivity index (χ1) is 17.8. The Morgan fingerprint density at radius 3 is 2.59 bits per heavy atom. The summed E-state index contributed by atoms with van der Waals surface area (Å²) in [6.45, 7) is 3.97. The molecule has 1 fully saturated rings. The van der Waals surface area contributed by atoms with Gasteiger partial charge in [-0.3, -0.25) is 0 Å². The highest BCUT2D eigenvalue weighted by Crippen LogP contribution is 2.29. The van der Waals surface area contributed by atoms with Crippen LogP contribution in [0.25, 0.3) is 11.5 Å². The average Bonchev–Trinajstić information content (AvgIpc) is 3.34. The van der Waals surface area contributed by atoms with Gasteiger partial charge in [-0.1, -0.05) is 6.07 Å². The van der Waals surface area contributed by atoms with E-state index in [1.807, 2.05) is 37.4 Å². The van der Waals surface area contributed by atoms with Crippen LogP contribution in [-0.4, -0.2) is 42.5 Å². The minimum atomic E-state index is -0.317. The normalized spacial score (nSPS) is 19.3. The van der Waals surface area contributed by atoms with E-state index >= 15 is 0 Å². The molecule has 0 spiro atoms. The van der Waals surface area contributed by atoms with Crippen molar-refractivity contribution in [2.75, 3.05) is 10.6 Å². The number of hydrogen-bond acceptors (Lipinski definition) is 11. The van der Waals surface area contributed by atoms with E-state index in [2.05, 4.69) is 35.6 Å². The molecule has 0 saturated heterocycles. The third kappa shape index (κ3) is 6.43. The number of carbonyl (C=O) groups excluding carboxylic acids is 1. The van der Waals surface area contributed by atoms with Gasteiger partial charge in [-0.05, 0) is 69.9 Å². The standard InChI is InChI=1S/C26H28N8O2S/c1-16-4-3-5-19(30-16)23-28-12-8-21(33-23)32-22-9-13-29-25(34-22)31-17-14-20(37-15-17)24(35)36-18-6-10-26(2,27)11-7-18/h3-5,8-9,12-15,18H,6-7,10-11,27H2,1-2H3,(H2,28,29,31,32,33,34)/t18-,26-. The maximum Gasteiger partial charge on any atom is 0.348 e. The van der Waals surface area contributed by atoms with E-state index in [9.17, 15) is 4.79 Å². The lowest BCUT2D eigenvalue weighted by atomic mass is 9.83. The zero-order valence-electron chi connectivity index (χ0n) is 20.6.